The SMILES string of the molecule is COc1ccc(CN2CCCC2c2cc(C)on2)cc1CN1CCOCC1. The van der Waals surface area contributed by atoms with Gasteiger partial charge in [-0.15, -0.1) is 0 Å². The van der Waals surface area contributed by atoms with Crippen LogP contribution < -0.4 is 4.74 Å². The van der Waals surface area contributed by atoms with Gasteiger partial charge in [0.15, 0.2) is 0 Å². The summed E-state index contributed by atoms with van der Waals surface area (Å²) in [5.74, 6) is 1.85. The number of morpholine rings is 1. The van der Waals surface area contributed by atoms with E-state index in [1.807, 2.05) is 6.92 Å². The Hall–Kier alpha value is -1.89. The van der Waals surface area contributed by atoms with Crippen LogP contribution in [0.4, 0.5) is 0 Å². The molecule has 1 unspecified atom stereocenters. The first-order valence-electron chi connectivity index (χ1n) is 9.86. The minimum Gasteiger partial charge on any atom is -0.496 e. The first-order chi connectivity index (χ1) is 13.2. The Morgan fingerprint density at radius 3 is 2.74 bits per heavy atom. The van der Waals surface area contributed by atoms with E-state index in [-0.39, 0.29) is 0 Å². The Bertz CT molecular complexity index is 755. The quantitative estimate of drug-likeness (QED) is 0.777. The molecule has 0 N–H and O–H groups in total. The van der Waals surface area contributed by atoms with Crippen molar-refractivity contribution in [2.45, 2.75) is 38.9 Å². The van der Waals surface area contributed by atoms with Crippen molar-refractivity contribution in [2.75, 3.05) is 40.0 Å². The van der Waals surface area contributed by atoms with Gasteiger partial charge in [-0.1, -0.05) is 11.2 Å². The highest BCUT2D eigenvalue weighted by Gasteiger charge is 2.28. The van der Waals surface area contributed by atoms with E-state index in [4.69, 9.17) is 14.0 Å². The third-order valence-corrected chi connectivity index (χ3v) is 5.58. The number of methoxy groups -OCH3 is 1. The summed E-state index contributed by atoms with van der Waals surface area (Å²) in [5.41, 5.74) is 3.64. The molecule has 27 heavy (non-hydrogen) atoms. The van der Waals surface area contributed by atoms with Crippen molar-refractivity contribution in [3.63, 3.8) is 0 Å². The fraction of sp³-hybridized carbons (Fsp3) is 0.571. The monoisotopic (exact) mass is 371 g/mol. The summed E-state index contributed by atoms with van der Waals surface area (Å²) in [4.78, 5) is 4.94. The average Bonchev–Trinajstić information content (AvgIpc) is 3.31. The number of hydrogen-bond donors (Lipinski definition) is 0. The molecular weight excluding hydrogens is 342 g/mol. The largest absolute Gasteiger partial charge is 0.496 e. The van der Waals surface area contributed by atoms with Gasteiger partial charge in [0, 0.05) is 37.8 Å². The van der Waals surface area contributed by atoms with E-state index in [1.54, 1.807) is 7.11 Å². The zero-order valence-corrected chi connectivity index (χ0v) is 16.3. The second kappa shape index (κ2) is 8.42. The van der Waals surface area contributed by atoms with E-state index in [2.05, 4.69) is 39.2 Å². The topological polar surface area (TPSA) is 51.0 Å². The van der Waals surface area contributed by atoms with Crippen LogP contribution in [0.5, 0.6) is 5.75 Å². The van der Waals surface area contributed by atoms with Gasteiger partial charge in [-0.25, -0.2) is 0 Å². The average molecular weight is 371 g/mol. The standard InChI is InChI=1S/C21H29N3O3/c1-16-12-19(22-27-16)20-4-3-7-24(20)14-17-5-6-21(25-2)18(13-17)15-23-8-10-26-11-9-23/h5-6,12-13,20H,3-4,7-11,14-15H2,1-2H3. The summed E-state index contributed by atoms with van der Waals surface area (Å²) in [6.07, 6.45) is 2.34. The second-order valence-electron chi connectivity index (χ2n) is 7.53. The van der Waals surface area contributed by atoms with Gasteiger partial charge in [-0.05, 0) is 44.0 Å². The van der Waals surface area contributed by atoms with Gasteiger partial charge in [0.25, 0.3) is 0 Å². The fourth-order valence-corrected chi connectivity index (χ4v) is 4.18. The summed E-state index contributed by atoms with van der Waals surface area (Å²) in [5, 5.41) is 4.26. The number of hydrogen-bond acceptors (Lipinski definition) is 6. The maximum Gasteiger partial charge on any atom is 0.133 e. The van der Waals surface area contributed by atoms with Crippen molar-refractivity contribution in [3.05, 3.63) is 46.8 Å². The number of ether oxygens (including phenoxy) is 2. The van der Waals surface area contributed by atoms with Gasteiger partial charge in [-0.2, -0.15) is 0 Å². The Balaban J connectivity index is 1.48. The van der Waals surface area contributed by atoms with Gasteiger partial charge in [-0.3, -0.25) is 9.80 Å². The fourth-order valence-electron chi connectivity index (χ4n) is 4.18. The molecule has 0 bridgehead atoms. The first kappa shape index (κ1) is 18.5. The van der Waals surface area contributed by atoms with Gasteiger partial charge < -0.3 is 14.0 Å². The predicted octanol–water partition coefficient (Wildman–Crippen LogP) is 3.16. The molecule has 1 atom stereocenters. The van der Waals surface area contributed by atoms with Gasteiger partial charge in [0.05, 0.1) is 26.4 Å². The zero-order valence-electron chi connectivity index (χ0n) is 16.3. The highest BCUT2D eigenvalue weighted by Crippen LogP contribution is 2.33. The molecular formula is C21H29N3O3. The Morgan fingerprint density at radius 1 is 1.15 bits per heavy atom. The van der Waals surface area contributed by atoms with E-state index >= 15 is 0 Å². The number of likely N-dealkylation sites (tertiary alicyclic amines) is 1. The molecule has 3 heterocycles. The zero-order chi connectivity index (χ0) is 18.6. The maximum atomic E-state index is 5.61. The molecule has 6 heteroatoms. The summed E-state index contributed by atoms with van der Waals surface area (Å²) >= 11 is 0. The van der Waals surface area contributed by atoms with E-state index in [1.165, 1.54) is 17.5 Å². The minimum atomic E-state index is 0.354. The molecule has 0 spiro atoms. The van der Waals surface area contributed by atoms with Gasteiger partial charge >= 0.3 is 0 Å². The predicted molar refractivity (Wildman–Crippen MR) is 103 cm³/mol. The highest BCUT2D eigenvalue weighted by atomic mass is 16.5. The summed E-state index contributed by atoms with van der Waals surface area (Å²) < 4.78 is 16.4. The number of nitrogens with zero attached hydrogens (tertiary/aromatic N) is 3. The van der Waals surface area contributed by atoms with Gasteiger partial charge in [0.1, 0.15) is 17.2 Å². The molecule has 2 saturated heterocycles. The molecule has 4 rings (SSSR count). The molecule has 2 fully saturated rings. The molecule has 6 nitrogen and oxygen atoms in total. The smallest absolute Gasteiger partial charge is 0.133 e. The van der Waals surface area contributed by atoms with Crippen LogP contribution in [0.25, 0.3) is 0 Å². The van der Waals surface area contributed by atoms with Crippen LogP contribution in [0, 0.1) is 6.92 Å². The molecule has 0 aliphatic carbocycles. The second-order valence-corrected chi connectivity index (χ2v) is 7.53. The highest BCUT2D eigenvalue weighted by molar-refractivity contribution is 5.37. The third-order valence-electron chi connectivity index (χ3n) is 5.58. The normalized spacial score (nSPS) is 21.6. The number of rotatable bonds is 6. The summed E-state index contributed by atoms with van der Waals surface area (Å²) in [6, 6.07) is 9.02. The number of benzene rings is 1. The van der Waals surface area contributed by atoms with Crippen LogP contribution in [0.3, 0.4) is 0 Å². The van der Waals surface area contributed by atoms with E-state index in [0.717, 1.165) is 69.6 Å². The Kier molecular flexibility index (Phi) is 5.76. The Labute approximate surface area is 161 Å². The molecule has 2 aliphatic rings. The lowest BCUT2D eigenvalue weighted by molar-refractivity contribution is 0.0338. The van der Waals surface area contributed by atoms with Crippen molar-refractivity contribution < 1.29 is 14.0 Å². The van der Waals surface area contributed by atoms with Crippen LogP contribution in [-0.4, -0.2) is 54.9 Å². The Morgan fingerprint density at radius 2 is 2.00 bits per heavy atom. The lowest BCUT2D eigenvalue weighted by atomic mass is 10.1. The van der Waals surface area contributed by atoms with Crippen molar-refractivity contribution in [1.29, 1.82) is 0 Å². The molecule has 0 amide bonds. The van der Waals surface area contributed by atoms with Crippen LogP contribution in [0.1, 0.15) is 41.5 Å². The van der Waals surface area contributed by atoms with Crippen LogP contribution in [0.15, 0.2) is 28.8 Å². The van der Waals surface area contributed by atoms with Crippen LogP contribution in [-0.2, 0) is 17.8 Å². The molecule has 1 aromatic carbocycles. The molecule has 0 saturated carbocycles. The lowest BCUT2D eigenvalue weighted by Crippen LogP contribution is -2.35. The first-order valence-corrected chi connectivity index (χ1v) is 9.86. The molecule has 1 aromatic heterocycles. The van der Waals surface area contributed by atoms with Crippen LogP contribution >= 0.6 is 0 Å². The van der Waals surface area contributed by atoms with Crippen molar-refractivity contribution in [3.8, 4) is 5.75 Å². The molecule has 2 aromatic rings. The minimum absolute atomic E-state index is 0.354. The summed E-state index contributed by atoms with van der Waals surface area (Å²) in [6.45, 7) is 8.48. The van der Waals surface area contributed by atoms with Crippen LogP contribution in [0.2, 0.25) is 0 Å². The van der Waals surface area contributed by atoms with Gasteiger partial charge in [0.2, 0.25) is 0 Å². The lowest BCUT2D eigenvalue weighted by Gasteiger charge is -2.28. The maximum absolute atomic E-state index is 5.61. The molecule has 2 aliphatic heterocycles. The number of aryl methyl sites for hydroxylation is 1. The van der Waals surface area contributed by atoms with E-state index < -0.39 is 0 Å². The van der Waals surface area contributed by atoms with E-state index in [9.17, 15) is 0 Å². The van der Waals surface area contributed by atoms with Crippen molar-refractivity contribution >= 4 is 0 Å². The van der Waals surface area contributed by atoms with E-state index in [0.29, 0.717) is 6.04 Å². The third kappa shape index (κ3) is 4.34. The number of aromatic nitrogens is 1. The molecule has 0 radical (unpaired) electrons. The van der Waals surface area contributed by atoms with Crippen molar-refractivity contribution in [1.82, 2.24) is 15.0 Å². The summed E-state index contributed by atoms with van der Waals surface area (Å²) in [7, 11) is 1.75. The van der Waals surface area contributed by atoms with Crippen molar-refractivity contribution in [2.24, 2.45) is 0 Å². The molecule has 146 valence electrons.